The maximum Gasteiger partial charge on any atom is 0.244 e. The number of carbonyl (C=O) groups excluding carboxylic acids is 4. The minimum absolute atomic E-state index is 0.0491. The normalized spacial score (nSPS) is 13.3. The van der Waals surface area contributed by atoms with Crippen LogP contribution in [0.15, 0.2) is 30.4 Å². The first-order chi connectivity index (χ1) is 19.6. The van der Waals surface area contributed by atoms with Crippen LogP contribution in [0.25, 0.3) is 0 Å². The number of thiocarbonyl (C=S) groups is 1. The summed E-state index contributed by atoms with van der Waals surface area (Å²) in [4.78, 5) is 46.7. The van der Waals surface area contributed by atoms with Crippen LogP contribution in [-0.2, 0) is 30.3 Å². The summed E-state index contributed by atoms with van der Waals surface area (Å²) >= 11 is 11.3. The third kappa shape index (κ3) is 16.0. The molecule has 3 unspecified atom stereocenters. The van der Waals surface area contributed by atoms with Crippen LogP contribution in [0.4, 0.5) is 0 Å². The number of halogens is 1. The van der Waals surface area contributed by atoms with E-state index in [0.717, 1.165) is 18.5 Å². The fourth-order valence-electron chi connectivity index (χ4n) is 3.42. The second-order valence-corrected chi connectivity index (χ2v) is 12.2. The summed E-state index contributed by atoms with van der Waals surface area (Å²) in [6.45, 7) is 14.8. The van der Waals surface area contributed by atoms with Crippen LogP contribution in [0.2, 0.25) is 5.02 Å². The quantitative estimate of drug-likeness (QED) is 0.131. The van der Waals surface area contributed by atoms with Gasteiger partial charge in [-0.05, 0) is 81.4 Å². The van der Waals surface area contributed by atoms with E-state index in [1.54, 1.807) is 20.1 Å². The molecule has 1 aromatic rings. The Labute approximate surface area is 262 Å². The van der Waals surface area contributed by atoms with E-state index in [0.29, 0.717) is 24.3 Å². The van der Waals surface area contributed by atoms with Crippen molar-refractivity contribution < 1.29 is 28.7 Å². The molecule has 42 heavy (non-hydrogen) atoms. The van der Waals surface area contributed by atoms with Gasteiger partial charge in [0.1, 0.15) is 18.1 Å². The number of rotatable bonds is 16. The second kappa shape index (κ2) is 20.2. The fraction of sp³-hybridized carbons (Fsp3) is 0.594. The van der Waals surface area contributed by atoms with Crippen LogP contribution in [0.5, 0.6) is 5.75 Å². The predicted octanol–water partition coefficient (Wildman–Crippen LogP) is 6.06. The first kappa shape index (κ1) is 39.2. The first-order valence-electron chi connectivity index (χ1n) is 14.3. The molecule has 0 fully saturated rings. The fourth-order valence-corrected chi connectivity index (χ4v) is 3.89. The molecule has 0 saturated carbocycles. The molecule has 10 heteroatoms. The third-order valence-corrected chi connectivity index (χ3v) is 7.26. The summed E-state index contributed by atoms with van der Waals surface area (Å²) in [7, 11) is 1.62. The Balaban J connectivity index is 0.00000126. The van der Waals surface area contributed by atoms with Gasteiger partial charge in [0.2, 0.25) is 11.8 Å². The lowest BCUT2D eigenvalue weighted by atomic mass is 9.94. The van der Waals surface area contributed by atoms with Crippen molar-refractivity contribution in [3.63, 3.8) is 0 Å². The zero-order chi connectivity index (χ0) is 32.5. The minimum atomic E-state index is -0.734. The highest BCUT2D eigenvalue weighted by Crippen LogP contribution is 2.25. The van der Waals surface area contributed by atoms with E-state index in [1.165, 1.54) is 18.6 Å². The van der Waals surface area contributed by atoms with Crippen molar-refractivity contribution >= 4 is 52.8 Å². The lowest BCUT2D eigenvalue weighted by Crippen LogP contribution is -2.48. The van der Waals surface area contributed by atoms with E-state index in [4.69, 9.17) is 33.3 Å². The van der Waals surface area contributed by atoms with Crippen LogP contribution in [-0.4, -0.2) is 54.7 Å². The summed E-state index contributed by atoms with van der Waals surface area (Å²) in [6, 6.07) is 5.11. The second-order valence-electron chi connectivity index (χ2n) is 11.4. The molecule has 0 aromatic heterocycles. The van der Waals surface area contributed by atoms with Gasteiger partial charge in [-0.25, -0.2) is 0 Å². The van der Waals surface area contributed by atoms with Gasteiger partial charge < -0.3 is 24.9 Å². The van der Waals surface area contributed by atoms with E-state index in [-0.39, 0.29) is 41.0 Å². The standard InChI is InChI=1S/C23H38N2O5S.C9H11ClO/c1-15(2)12-19(18(5)27)30-22(31)23(6,7)14-24-21(29)17(4)25-20(28)11-9-8-10-16(3)13-26;1-3-7-4-5-9(11-2)8(10)6-7/h9,11,13,15-17,19H,8,10,12,14H2,1-7H3,(H,24,29)(H,25,28);4-6H,3H2,1-2H3/b11-9+;. The number of Topliss-reactive ketones (excluding diaryl/α,β-unsaturated/α-hetero) is 1. The van der Waals surface area contributed by atoms with E-state index < -0.39 is 17.6 Å². The maximum atomic E-state index is 12.4. The van der Waals surface area contributed by atoms with Gasteiger partial charge in [0, 0.05) is 12.5 Å². The summed E-state index contributed by atoms with van der Waals surface area (Å²) in [6.07, 6.45) is 6.18. The number of ether oxygens (including phenoxy) is 2. The Bertz CT molecular complexity index is 1070. The molecule has 0 aliphatic carbocycles. The number of methoxy groups -OCH3 is 1. The number of aldehydes is 1. The average Bonchev–Trinajstić information content (AvgIpc) is 2.93. The van der Waals surface area contributed by atoms with Gasteiger partial charge in [0.05, 0.1) is 17.5 Å². The van der Waals surface area contributed by atoms with Gasteiger partial charge in [-0.15, -0.1) is 0 Å². The minimum Gasteiger partial charge on any atom is -0.495 e. The van der Waals surface area contributed by atoms with Crippen LogP contribution in [0.1, 0.15) is 80.2 Å². The number of allylic oxidation sites excluding steroid dienone is 1. The molecule has 0 radical (unpaired) electrons. The zero-order valence-corrected chi connectivity index (χ0v) is 28.1. The van der Waals surface area contributed by atoms with Gasteiger partial charge in [0.15, 0.2) is 16.9 Å². The molecule has 0 aliphatic heterocycles. The van der Waals surface area contributed by atoms with Gasteiger partial charge in [-0.2, -0.15) is 0 Å². The number of carbonyl (C=O) groups is 4. The van der Waals surface area contributed by atoms with E-state index in [1.807, 2.05) is 52.8 Å². The number of ketones is 1. The molecular weight excluding hydrogens is 576 g/mol. The van der Waals surface area contributed by atoms with E-state index >= 15 is 0 Å². The Morgan fingerprint density at radius 3 is 2.29 bits per heavy atom. The largest absolute Gasteiger partial charge is 0.495 e. The SMILES string of the molecule is CC(=O)C(CC(C)C)OC(=S)C(C)(C)CNC(=O)C(C)NC(=O)/C=C/CCC(C)C=O.CCc1ccc(OC)c(Cl)c1. The number of aryl methyl sites for hydroxylation is 1. The molecule has 0 bridgehead atoms. The smallest absolute Gasteiger partial charge is 0.244 e. The average molecular weight is 625 g/mol. The summed E-state index contributed by atoms with van der Waals surface area (Å²) < 4.78 is 10.8. The topological polar surface area (TPSA) is 111 Å². The molecule has 0 aliphatic rings. The Kier molecular flexibility index (Phi) is 18.8. The van der Waals surface area contributed by atoms with Crippen molar-refractivity contribution in [2.45, 2.75) is 93.2 Å². The van der Waals surface area contributed by atoms with Crippen molar-refractivity contribution in [1.29, 1.82) is 0 Å². The van der Waals surface area contributed by atoms with E-state index in [9.17, 15) is 19.2 Å². The zero-order valence-electron chi connectivity index (χ0n) is 26.5. The lowest BCUT2D eigenvalue weighted by molar-refractivity contribution is -0.127. The van der Waals surface area contributed by atoms with Crippen molar-refractivity contribution in [1.82, 2.24) is 10.6 Å². The number of benzene rings is 1. The number of hydrogen-bond donors (Lipinski definition) is 2. The molecular formula is C32H49ClN2O6S. The number of hydrogen-bond acceptors (Lipinski definition) is 7. The highest BCUT2D eigenvalue weighted by Gasteiger charge is 2.30. The number of amides is 2. The Morgan fingerprint density at radius 1 is 1.14 bits per heavy atom. The van der Waals surface area contributed by atoms with Crippen LogP contribution in [0, 0.1) is 17.3 Å². The molecule has 2 N–H and O–H groups in total. The maximum absolute atomic E-state index is 12.4. The highest BCUT2D eigenvalue weighted by atomic mass is 35.5. The molecule has 2 amide bonds. The Hall–Kier alpha value is -2.78. The first-order valence-corrected chi connectivity index (χ1v) is 15.1. The molecule has 8 nitrogen and oxygen atoms in total. The molecule has 0 spiro atoms. The molecule has 3 atom stereocenters. The van der Waals surface area contributed by atoms with Gasteiger partial charge in [-0.1, -0.05) is 65.3 Å². The lowest BCUT2D eigenvalue weighted by Gasteiger charge is -2.29. The molecule has 0 saturated heterocycles. The van der Waals surface area contributed by atoms with Crippen molar-refractivity contribution in [2.24, 2.45) is 17.3 Å². The summed E-state index contributed by atoms with van der Waals surface area (Å²) in [5, 5.41) is 6.32. The highest BCUT2D eigenvalue weighted by molar-refractivity contribution is 7.80. The van der Waals surface area contributed by atoms with E-state index in [2.05, 4.69) is 17.6 Å². The third-order valence-electron chi connectivity index (χ3n) is 6.31. The summed E-state index contributed by atoms with van der Waals surface area (Å²) in [5.74, 6) is 0.165. The van der Waals surface area contributed by atoms with Crippen molar-refractivity contribution in [2.75, 3.05) is 13.7 Å². The van der Waals surface area contributed by atoms with Crippen LogP contribution < -0.4 is 15.4 Å². The molecule has 0 heterocycles. The van der Waals surface area contributed by atoms with Crippen molar-refractivity contribution in [3.05, 3.63) is 40.9 Å². The molecule has 236 valence electrons. The van der Waals surface area contributed by atoms with Gasteiger partial charge in [0.25, 0.3) is 0 Å². The Morgan fingerprint density at radius 2 is 1.79 bits per heavy atom. The molecule has 1 rings (SSSR count). The van der Waals surface area contributed by atoms with Crippen LogP contribution in [0.3, 0.4) is 0 Å². The monoisotopic (exact) mass is 624 g/mol. The number of nitrogens with one attached hydrogen (secondary N) is 2. The summed E-state index contributed by atoms with van der Waals surface area (Å²) in [5.41, 5.74) is 0.560. The van der Waals surface area contributed by atoms with Gasteiger partial charge >= 0.3 is 0 Å². The van der Waals surface area contributed by atoms with Crippen LogP contribution >= 0.6 is 23.8 Å². The molecule has 1 aromatic carbocycles. The van der Waals surface area contributed by atoms with Gasteiger partial charge in [-0.3, -0.25) is 14.4 Å². The predicted molar refractivity (Wildman–Crippen MR) is 173 cm³/mol. The van der Waals surface area contributed by atoms with Crippen molar-refractivity contribution in [3.8, 4) is 5.75 Å².